The molecule has 1 aromatic heterocycles. The van der Waals surface area contributed by atoms with Gasteiger partial charge < -0.3 is 0 Å². The van der Waals surface area contributed by atoms with Gasteiger partial charge in [-0.25, -0.2) is 23.1 Å². The topological polar surface area (TPSA) is 29.0 Å². The summed E-state index contributed by atoms with van der Waals surface area (Å²) in [7, 11) is 0. The Balaban J connectivity index is 1.52. The number of halogens is 4. The van der Waals surface area contributed by atoms with Crippen molar-refractivity contribution in [3.63, 3.8) is 0 Å². The van der Waals surface area contributed by atoms with Gasteiger partial charge in [-0.3, -0.25) is 4.90 Å². The third kappa shape index (κ3) is 3.68. The summed E-state index contributed by atoms with van der Waals surface area (Å²) in [4.78, 5) is 11.0. The van der Waals surface area contributed by atoms with Gasteiger partial charge in [-0.15, -0.1) is 0 Å². The second-order valence-electron chi connectivity index (χ2n) is 6.47. The van der Waals surface area contributed by atoms with Crippen molar-refractivity contribution in [2.45, 2.75) is 19.5 Å². The number of hydrogen-bond acceptors (Lipinski definition) is 3. The summed E-state index contributed by atoms with van der Waals surface area (Å²) < 4.78 is 40.4. The first-order valence-electron chi connectivity index (χ1n) is 8.47. The van der Waals surface area contributed by atoms with Gasteiger partial charge in [-0.1, -0.05) is 17.7 Å². The lowest BCUT2D eigenvalue weighted by atomic mass is 10.1. The molecule has 0 bridgehead atoms. The summed E-state index contributed by atoms with van der Waals surface area (Å²) in [5, 5.41) is 0.650. The number of benzene rings is 2. The Bertz CT molecular complexity index is 993. The standard InChI is InChI=1S/C20H15ClF3N3/c21-15-4-1-12(2-5-15)20-25-9-14-11-27(8-7-17(14)26-20)10-13-3-6-16(22)19(24)18(13)23/h1-6,9H,7-8,10-11H2. The van der Waals surface area contributed by atoms with Crippen molar-refractivity contribution < 1.29 is 13.2 Å². The SMILES string of the molecule is Fc1ccc(CN2CCc3nc(-c4ccc(Cl)cc4)ncc3C2)c(F)c1F. The number of nitrogens with zero attached hydrogens (tertiary/aromatic N) is 3. The molecule has 27 heavy (non-hydrogen) atoms. The van der Waals surface area contributed by atoms with E-state index in [1.54, 1.807) is 18.3 Å². The van der Waals surface area contributed by atoms with Crippen LogP contribution in [0, 0.1) is 17.5 Å². The van der Waals surface area contributed by atoms with E-state index in [4.69, 9.17) is 11.6 Å². The normalized spacial score (nSPS) is 14.2. The summed E-state index contributed by atoms with van der Waals surface area (Å²) in [6.45, 7) is 1.36. The van der Waals surface area contributed by atoms with Crippen molar-refractivity contribution in [1.29, 1.82) is 0 Å². The predicted octanol–water partition coefficient (Wildman–Crippen LogP) is 4.77. The average Bonchev–Trinajstić information content (AvgIpc) is 2.68. The monoisotopic (exact) mass is 389 g/mol. The molecule has 0 unspecified atom stereocenters. The van der Waals surface area contributed by atoms with Gasteiger partial charge in [0.1, 0.15) is 0 Å². The highest BCUT2D eigenvalue weighted by Gasteiger charge is 2.21. The summed E-state index contributed by atoms with van der Waals surface area (Å²) in [6.07, 6.45) is 2.43. The first-order chi connectivity index (χ1) is 13.0. The van der Waals surface area contributed by atoms with Crippen molar-refractivity contribution in [1.82, 2.24) is 14.9 Å². The van der Waals surface area contributed by atoms with E-state index >= 15 is 0 Å². The van der Waals surface area contributed by atoms with Gasteiger partial charge in [0.15, 0.2) is 23.3 Å². The molecule has 1 aliphatic rings. The molecule has 0 spiro atoms. The quantitative estimate of drug-likeness (QED) is 0.604. The Hall–Kier alpha value is -2.44. The zero-order valence-corrected chi connectivity index (χ0v) is 15.0. The maximum atomic E-state index is 13.9. The van der Waals surface area contributed by atoms with Crippen LogP contribution in [0.5, 0.6) is 0 Å². The summed E-state index contributed by atoms with van der Waals surface area (Å²) in [5.74, 6) is -3.11. The fraction of sp³-hybridized carbons (Fsp3) is 0.200. The van der Waals surface area contributed by atoms with Crippen molar-refractivity contribution in [2.75, 3.05) is 6.54 Å². The van der Waals surface area contributed by atoms with Crippen LogP contribution in [0.3, 0.4) is 0 Å². The van der Waals surface area contributed by atoms with E-state index in [1.807, 2.05) is 17.0 Å². The van der Waals surface area contributed by atoms with Crippen molar-refractivity contribution in [2.24, 2.45) is 0 Å². The summed E-state index contributed by atoms with van der Waals surface area (Å²) in [5.41, 5.74) is 2.91. The van der Waals surface area contributed by atoms with Crippen molar-refractivity contribution >= 4 is 11.6 Å². The second-order valence-corrected chi connectivity index (χ2v) is 6.90. The Kier molecular flexibility index (Phi) is 4.85. The maximum absolute atomic E-state index is 13.9. The number of fused-ring (bicyclic) bond motifs is 1. The molecule has 0 aliphatic carbocycles. The van der Waals surface area contributed by atoms with Crippen LogP contribution in [0.15, 0.2) is 42.6 Å². The highest BCUT2D eigenvalue weighted by Crippen LogP contribution is 2.24. The Morgan fingerprint density at radius 1 is 1.00 bits per heavy atom. The lowest BCUT2D eigenvalue weighted by Crippen LogP contribution is -2.31. The smallest absolute Gasteiger partial charge is 0.194 e. The van der Waals surface area contributed by atoms with E-state index in [-0.39, 0.29) is 12.1 Å². The molecule has 1 aliphatic heterocycles. The van der Waals surface area contributed by atoms with Gasteiger partial charge in [-0.2, -0.15) is 0 Å². The van der Waals surface area contributed by atoms with Crippen LogP contribution in [0.1, 0.15) is 16.8 Å². The van der Waals surface area contributed by atoms with Crippen molar-refractivity contribution in [3.8, 4) is 11.4 Å². The fourth-order valence-corrected chi connectivity index (χ4v) is 3.30. The zero-order chi connectivity index (χ0) is 19.0. The minimum atomic E-state index is -1.43. The molecule has 4 rings (SSSR count). The molecule has 7 heteroatoms. The van der Waals surface area contributed by atoms with Crippen LogP contribution < -0.4 is 0 Å². The molecule has 0 saturated heterocycles. The van der Waals surface area contributed by atoms with E-state index in [1.165, 1.54) is 6.07 Å². The van der Waals surface area contributed by atoms with Gasteiger partial charge in [0.05, 0.1) is 5.69 Å². The Morgan fingerprint density at radius 2 is 1.78 bits per heavy atom. The van der Waals surface area contributed by atoms with Gasteiger partial charge in [-0.05, 0) is 30.3 Å². The van der Waals surface area contributed by atoms with E-state index in [0.717, 1.165) is 22.9 Å². The first kappa shape index (κ1) is 17.9. The van der Waals surface area contributed by atoms with Gasteiger partial charge in [0.25, 0.3) is 0 Å². The van der Waals surface area contributed by atoms with Gasteiger partial charge >= 0.3 is 0 Å². The highest BCUT2D eigenvalue weighted by atomic mass is 35.5. The van der Waals surface area contributed by atoms with Gasteiger partial charge in [0.2, 0.25) is 0 Å². The van der Waals surface area contributed by atoms with E-state index < -0.39 is 17.5 Å². The van der Waals surface area contributed by atoms with Gasteiger partial charge in [0, 0.05) is 54.0 Å². The maximum Gasteiger partial charge on any atom is 0.194 e. The minimum Gasteiger partial charge on any atom is -0.294 e. The van der Waals surface area contributed by atoms with E-state index in [0.29, 0.717) is 30.4 Å². The molecule has 0 amide bonds. The van der Waals surface area contributed by atoms with Crippen molar-refractivity contribution in [3.05, 3.63) is 81.9 Å². The van der Waals surface area contributed by atoms with Crippen LogP contribution in [0.25, 0.3) is 11.4 Å². The number of rotatable bonds is 3. The third-order valence-corrected chi connectivity index (χ3v) is 4.88. The average molecular weight is 390 g/mol. The fourth-order valence-electron chi connectivity index (χ4n) is 3.18. The zero-order valence-electron chi connectivity index (χ0n) is 14.2. The molecular formula is C20H15ClF3N3. The van der Waals surface area contributed by atoms with Crippen LogP contribution in [0.4, 0.5) is 13.2 Å². The minimum absolute atomic E-state index is 0.135. The second kappa shape index (κ2) is 7.29. The summed E-state index contributed by atoms with van der Waals surface area (Å²) >= 11 is 5.91. The third-order valence-electron chi connectivity index (χ3n) is 4.62. The van der Waals surface area contributed by atoms with Crippen LogP contribution in [0.2, 0.25) is 5.02 Å². The Labute approximate surface area is 159 Å². The molecule has 3 nitrogen and oxygen atoms in total. The molecular weight excluding hydrogens is 375 g/mol. The van der Waals surface area contributed by atoms with Crippen LogP contribution in [-0.2, 0) is 19.5 Å². The van der Waals surface area contributed by atoms with Crippen LogP contribution >= 0.6 is 11.6 Å². The first-order valence-corrected chi connectivity index (χ1v) is 8.84. The molecule has 0 N–H and O–H groups in total. The summed E-state index contributed by atoms with van der Waals surface area (Å²) in [6, 6.07) is 9.54. The predicted molar refractivity (Wildman–Crippen MR) is 96.6 cm³/mol. The van der Waals surface area contributed by atoms with Crippen LogP contribution in [-0.4, -0.2) is 21.4 Å². The molecule has 0 atom stereocenters. The lowest BCUT2D eigenvalue weighted by molar-refractivity contribution is 0.238. The lowest BCUT2D eigenvalue weighted by Gasteiger charge is -2.28. The molecule has 3 aromatic rings. The van der Waals surface area contributed by atoms with E-state index in [2.05, 4.69) is 9.97 Å². The largest absolute Gasteiger partial charge is 0.294 e. The van der Waals surface area contributed by atoms with E-state index in [9.17, 15) is 13.2 Å². The molecule has 2 aromatic carbocycles. The molecule has 0 radical (unpaired) electrons. The molecule has 2 heterocycles. The number of aromatic nitrogens is 2. The molecule has 0 fully saturated rings. The highest BCUT2D eigenvalue weighted by molar-refractivity contribution is 6.30. The molecule has 0 saturated carbocycles. The molecule has 138 valence electrons. The Morgan fingerprint density at radius 3 is 2.56 bits per heavy atom. The number of hydrogen-bond donors (Lipinski definition) is 0.